The predicted molar refractivity (Wildman–Crippen MR) is 75.1 cm³/mol. The number of nitrogens with one attached hydrogen (secondary N) is 1. The van der Waals surface area contributed by atoms with E-state index in [0.717, 1.165) is 25.3 Å². The van der Waals surface area contributed by atoms with Crippen LogP contribution in [0.4, 0.5) is 4.39 Å². The molecule has 3 nitrogen and oxygen atoms in total. The van der Waals surface area contributed by atoms with Gasteiger partial charge >= 0.3 is 0 Å². The Kier molecular flexibility index (Phi) is 4.69. The number of phenolic OH excluding ortho intramolecular Hbond substituents is 1. The van der Waals surface area contributed by atoms with Crippen molar-refractivity contribution in [3.05, 3.63) is 29.6 Å². The van der Waals surface area contributed by atoms with Crippen molar-refractivity contribution in [2.45, 2.75) is 37.0 Å². The summed E-state index contributed by atoms with van der Waals surface area (Å²) in [6.07, 6.45) is 6.41. The van der Waals surface area contributed by atoms with Gasteiger partial charge in [0, 0.05) is 17.4 Å². The third-order valence-electron chi connectivity index (χ3n) is 3.53. The third-order valence-corrected chi connectivity index (χ3v) is 4.70. The van der Waals surface area contributed by atoms with Crippen LogP contribution in [-0.2, 0) is 0 Å². The second-order valence-corrected chi connectivity index (χ2v) is 5.88. The number of halogens is 1. The van der Waals surface area contributed by atoms with Gasteiger partial charge in [-0.3, -0.25) is 4.79 Å². The van der Waals surface area contributed by atoms with Gasteiger partial charge in [-0.25, -0.2) is 4.39 Å². The van der Waals surface area contributed by atoms with E-state index in [4.69, 9.17) is 0 Å². The van der Waals surface area contributed by atoms with Crippen molar-refractivity contribution in [3.8, 4) is 5.75 Å². The smallest absolute Gasteiger partial charge is 0.255 e. The topological polar surface area (TPSA) is 49.3 Å². The Labute approximate surface area is 116 Å². The molecule has 0 spiro atoms. The minimum Gasteiger partial charge on any atom is -0.507 e. The van der Waals surface area contributed by atoms with Gasteiger partial charge in [0.2, 0.25) is 0 Å². The van der Waals surface area contributed by atoms with Crippen LogP contribution >= 0.6 is 11.8 Å². The zero-order valence-electron chi connectivity index (χ0n) is 10.9. The summed E-state index contributed by atoms with van der Waals surface area (Å²) >= 11 is 1.76. The van der Waals surface area contributed by atoms with Crippen molar-refractivity contribution >= 4 is 17.7 Å². The molecule has 1 amide bonds. The molecule has 0 aliphatic heterocycles. The number of hydrogen-bond acceptors (Lipinski definition) is 3. The Morgan fingerprint density at radius 3 is 2.84 bits per heavy atom. The molecule has 1 aliphatic rings. The zero-order chi connectivity index (χ0) is 13.8. The van der Waals surface area contributed by atoms with Gasteiger partial charge in [-0.15, -0.1) is 0 Å². The number of carbonyl (C=O) groups is 1. The lowest BCUT2D eigenvalue weighted by Crippen LogP contribution is -2.43. The molecule has 104 valence electrons. The number of thioether (sulfide) groups is 1. The van der Waals surface area contributed by atoms with Gasteiger partial charge in [-0.2, -0.15) is 11.8 Å². The quantitative estimate of drug-likeness (QED) is 0.896. The van der Waals surface area contributed by atoms with Gasteiger partial charge in [-0.1, -0.05) is 12.8 Å². The predicted octanol–water partition coefficient (Wildman–Crippen LogP) is 2.94. The number of rotatable bonds is 3. The number of benzene rings is 1. The molecular weight excluding hydrogens is 265 g/mol. The fraction of sp³-hybridized carbons (Fsp3) is 0.500. The molecule has 2 unspecified atom stereocenters. The molecule has 2 N–H and O–H groups in total. The van der Waals surface area contributed by atoms with Crippen LogP contribution < -0.4 is 5.32 Å². The lowest BCUT2D eigenvalue weighted by molar-refractivity contribution is 0.0926. The molecule has 1 aromatic carbocycles. The van der Waals surface area contributed by atoms with Crippen LogP contribution in [-0.4, -0.2) is 28.6 Å². The van der Waals surface area contributed by atoms with E-state index in [1.54, 1.807) is 11.8 Å². The molecule has 2 rings (SSSR count). The normalized spacial score (nSPS) is 23.1. The maximum atomic E-state index is 12.9. The number of carbonyl (C=O) groups excluding carboxylic acids is 1. The van der Waals surface area contributed by atoms with E-state index in [9.17, 15) is 14.3 Å². The first kappa shape index (κ1) is 14.2. The van der Waals surface area contributed by atoms with Crippen LogP contribution in [0.3, 0.4) is 0 Å². The van der Waals surface area contributed by atoms with Gasteiger partial charge in [0.05, 0.1) is 5.56 Å². The van der Waals surface area contributed by atoms with Gasteiger partial charge in [0.25, 0.3) is 5.91 Å². The average molecular weight is 283 g/mol. The number of phenols is 1. The second kappa shape index (κ2) is 6.28. The number of hydrogen-bond donors (Lipinski definition) is 2. The Hall–Kier alpha value is -1.23. The molecule has 0 saturated heterocycles. The van der Waals surface area contributed by atoms with Crippen molar-refractivity contribution in [2.24, 2.45) is 0 Å². The molecular formula is C14H18FNO2S. The van der Waals surface area contributed by atoms with Crippen molar-refractivity contribution < 1.29 is 14.3 Å². The summed E-state index contributed by atoms with van der Waals surface area (Å²) < 4.78 is 12.9. The Morgan fingerprint density at radius 2 is 2.16 bits per heavy atom. The first-order valence-corrected chi connectivity index (χ1v) is 7.73. The van der Waals surface area contributed by atoms with E-state index in [-0.39, 0.29) is 23.3 Å². The van der Waals surface area contributed by atoms with Gasteiger partial charge in [0.15, 0.2) is 0 Å². The third kappa shape index (κ3) is 3.41. The van der Waals surface area contributed by atoms with E-state index in [1.807, 2.05) is 6.26 Å². The molecule has 1 saturated carbocycles. The first-order valence-electron chi connectivity index (χ1n) is 6.44. The molecule has 1 fully saturated rings. The molecule has 19 heavy (non-hydrogen) atoms. The van der Waals surface area contributed by atoms with E-state index >= 15 is 0 Å². The number of amides is 1. The van der Waals surface area contributed by atoms with Gasteiger partial charge < -0.3 is 10.4 Å². The van der Waals surface area contributed by atoms with Crippen LogP contribution in [0, 0.1) is 5.82 Å². The van der Waals surface area contributed by atoms with Crippen LogP contribution in [0.1, 0.15) is 36.0 Å². The van der Waals surface area contributed by atoms with E-state index in [0.29, 0.717) is 5.25 Å². The molecule has 2 atom stereocenters. The number of aromatic hydroxyl groups is 1. The Balaban J connectivity index is 2.07. The zero-order valence-corrected chi connectivity index (χ0v) is 11.7. The van der Waals surface area contributed by atoms with Crippen molar-refractivity contribution in [1.29, 1.82) is 0 Å². The molecule has 0 aromatic heterocycles. The van der Waals surface area contributed by atoms with E-state index < -0.39 is 5.82 Å². The highest BCUT2D eigenvalue weighted by molar-refractivity contribution is 7.99. The summed E-state index contributed by atoms with van der Waals surface area (Å²) in [5.74, 6) is -1.19. The standard InChI is InChI=1S/C14H18FNO2S/c1-19-13-5-3-2-4-11(13)16-14(18)10-7-6-9(15)8-12(10)17/h6-8,11,13,17H,2-5H2,1H3,(H,16,18). The Morgan fingerprint density at radius 1 is 1.42 bits per heavy atom. The van der Waals surface area contributed by atoms with Crippen LogP contribution in [0.2, 0.25) is 0 Å². The highest BCUT2D eigenvalue weighted by Crippen LogP contribution is 2.28. The summed E-state index contributed by atoms with van der Waals surface area (Å²) in [7, 11) is 0. The summed E-state index contributed by atoms with van der Waals surface area (Å²) in [6.45, 7) is 0. The Bertz CT molecular complexity index is 467. The largest absolute Gasteiger partial charge is 0.507 e. The summed E-state index contributed by atoms with van der Waals surface area (Å²) in [4.78, 5) is 12.1. The van der Waals surface area contributed by atoms with Crippen LogP contribution in [0.15, 0.2) is 18.2 Å². The van der Waals surface area contributed by atoms with Crippen LogP contribution in [0.25, 0.3) is 0 Å². The molecule has 1 aliphatic carbocycles. The summed E-state index contributed by atoms with van der Waals surface area (Å²) in [5.41, 5.74) is 0.131. The average Bonchev–Trinajstić information content (AvgIpc) is 2.39. The maximum Gasteiger partial charge on any atom is 0.255 e. The molecule has 1 aromatic rings. The van der Waals surface area contributed by atoms with E-state index in [2.05, 4.69) is 5.32 Å². The monoisotopic (exact) mass is 283 g/mol. The van der Waals surface area contributed by atoms with Crippen molar-refractivity contribution in [1.82, 2.24) is 5.32 Å². The van der Waals surface area contributed by atoms with Crippen molar-refractivity contribution in [2.75, 3.05) is 6.26 Å². The highest BCUT2D eigenvalue weighted by Gasteiger charge is 2.26. The van der Waals surface area contributed by atoms with Crippen molar-refractivity contribution in [3.63, 3.8) is 0 Å². The lowest BCUT2D eigenvalue weighted by Gasteiger charge is -2.31. The highest BCUT2D eigenvalue weighted by atomic mass is 32.2. The summed E-state index contributed by atoms with van der Waals surface area (Å²) in [5, 5.41) is 13.0. The minimum absolute atomic E-state index is 0.126. The molecule has 0 bridgehead atoms. The van der Waals surface area contributed by atoms with Crippen LogP contribution in [0.5, 0.6) is 5.75 Å². The van der Waals surface area contributed by atoms with Gasteiger partial charge in [0.1, 0.15) is 11.6 Å². The molecule has 5 heteroatoms. The second-order valence-electron chi connectivity index (χ2n) is 4.80. The fourth-order valence-electron chi connectivity index (χ4n) is 2.49. The maximum absolute atomic E-state index is 12.9. The molecule has 0 radical (unpaired) electrons. The fourth-order valence-corrected chi connectivity index (χ4v) is 3.42. The first-order chi connectivity index (χ1) is 9.11. The minimum atomic E-state index is -0.547. The summed E-state index contributed by atoms with van der Waals surface area (Å²) in [6, 6.07) is 3.58. The lowest BCUT2D eigenvalue weighted by atomic mass is 9.94. The van der Waals surface area contributed by atoms with E-state index in [1.165, 1.54) is 18.6 Å². The van der Waals surface area contributed by atoms with Gasteiger partial charge in [-0.05, 0) is 31.2 Å². The SMILES string of the molecule is CSC1CCCCC1NC(=O)c1ccc(F)cc1O. The molecule has 0 heterocycles.